The first-order chi connectivity index (χ1) is 5.70. The molecule has 5 nitrogen and oxygen atoms in total. The zero-order chi connectivity index (χ0) is 9.40. The van der Waals surface area contributed by atoms with Crippen LogP contribution < -0.4 is 5.90 Å². The van der Waals surface area contributed by atoms with E-state index in [1.165, 1.54) is 7.11 Å². The Morgan fingerprint density at radius 3 is 2.08 bits per heavy atom. The van der Waals surface area contributed by atoms with Crippen molar-refractivity contribution in [2.45, 2.75) is 25.7 Å². The van der Waals surface area contributed by atoms with Gasteiger partial charge < -0.3 is 9.57 Å². The van der Waals surface area contributed by atoms with Crippen LogP contribution in [0.3, 0.4) is 0 Å². The quantitative estimate of drug-likeness (QED) is 0.365. The minimum Gasteiger partial charge on any atom is -0.469 e. The fourth-order valence-corrected chi connectivity index (χ4v) is 0.700. The molecular weight excluding hydrogens is 162 g/mol. The Labute approximate surface area is 70.8 Å². The van der Waals surface area contributed by atoms with Crippen molar-refractivity contribution in [1.29, 1.82) is 0 Å². The number of carbonyl (C=O) groups is 2. The van der Waals surface area contributed by atoms with Crippen LogP contribution in [0.25, 0.3) is 0 Å². The van der Waals surface area contributed by atoms with Crippen LogP contribution in [0.2, 0.25) is 0 Å². The van der Waals surface area contributed by atoms with Gasteiger partial charge in [0, 0.05) is 12.8 Å². The highest BCUT2D eigenvalue weighted by molar-refractivity contribution is 5.70. The first kappa shape index (κ1) is 10.9. The van der Waals surface area contributed by atoms with Crippen LogP contribution in [0.4, 0.5) is 0 Å². The molecule has 0 rings (SSSR count). The van der Waals surface area contributed by atoms with Crippen molar-refractivity contribution < 1.29 is 19.2 Å². The molecular formula is C7H13NO4. The number of hydrogen-bond donors (Lipinski definition) is 1. The van der Waals surface area contributed by atoms with E-state index in [2.05, 4.69) is 15.5 Å². The normalized spacial score (nSPS) is 9.17. The largest absolute Gasteiger partial charge is 0.469 e. The lowest BCUT2D eigenvalue weighted by Crippen LogP contribution is -2.09. The van der Waals surface area contributed by atoms with Crippen LogP contribution in [0.5, 0.6) is 0 Å². The average molecular weight is 175 g/mol. The molecule has 0 saturated heterocycles. The second-order valence-corrected chi connectivity index (χ2v) is 2.27. The number of carbonyl (C=O) groups excluding carboxylic acids is 2. The second-order valence-electron chi connectivity index (χ2n) is 2.27. The van der Waals surface area contributed by atoms with Gasteiger partial charge in [0.25, 0.3) is 0 Å². The molecule has 0 aromatic rings. The molecule has 0 atom stereocenters. The maximum absolute atomic E-state index is 10.6. The number of rotatable bonds is 5. The molecule has 0 heterocycles. The number of ether oxygens (including phenoxy) is 1. The van der Waals surface area contributed by atoms with Gasteiger partial charge in [-0.05, 0) is 12.8 Å². The molecule has 0 aliphatic heterocycles. The second kappa shape index (κ2) is 6.60. The van der Waals surface area contributed by atoms with Gasteiger partial charge in [0.1, 0.15) is 0 Å². The highest BCUT2D eigenvalue weighted by Crippen LogP contribution is 2.01. The fraction of sp³-hybridized carbons (Fsp3) is 0.714. The Kier molecular flexibility index (Phi) is 6.00. The van der Waals surface area contributed by atoms with Gasteiger partial charge in [-0.1, -0.05) is 0 Å². The summed E-state index contributed by atoms with van der Waals surface area (Å²) in [6, 6.07) is 0. The van der Waals surface area contributed by atoms with Gasteiger partial charge in [-0.25, -0.2) is 0 Å². The highest BCUT2D eigenvalue weighted by atomic mass is 16.7. The summed E-state index contributed by atoms with van der Waals surface area (Å²) in [6.45, 7) is 0. The van der Waals surface area contributed by atoms with Crippen molar-refractivity contribution in [3.63, 3.8) is 0 Å². The Bertz CT molecular complexity index is 139. The van der Waals surface area contributed by atoms with E-state index in [-0.39, 0.29) is 12.4 Å². The van der Waals surface area contributed by atoms with Crippen molar-refractivity contribution in [2.75, 3.05) is 7.11 Å². The maximum Gasteiger partial charge on any atom is 0.324 e. The predicted molar refractivity (Wildman–Crippen MR) is 40.8 cm³/mol. The van der Waals surface area contributed by atoms with Gasteiger partial charge in [-0.2, -0.15) is 5.90 Å². The topological polar surface area (TPSA) is 78.6 Å². The molecule has 0 amide bonds. The average Bonchev–Trinajstić information content (AvgIpc) is 2.11. The molecule has 0 bridgehead atoms. The lowest BCUT2D eigenvalue weighted by molar-refractivity contribution is -0.145. The lowest BCUT2D eigenvalue weighted by Gasteiger charge is -1.98. The van der Waals surface area contributed by atoms with Gasteiger partial charge in [-0.15, -0.1) is 0 Å². The van der Waals surface area contributed by atoms with Crippen molar-refractivity contribution >= 4 is 11.9 Å². The Morgan fingerprint density at radius 2 is 1.67 bits per heavy atom. The van der Waals surface area contributed by atoms with E-state index < -0.39 is 5.97 Å². The summed E-state index contributed by atoms with van der Waals surface area (Å²) in [7, 11) is 1.33. The number of methoxy groups -OCH3 is 1. The minimum atomic E-state index is -0.458. The standard InChI is InChI=1S/C7H13NO4/c1-11-6(9)4-2-3-5-7(10)12-8/h2-5,8H2,1H3. The minimum absolute atomic E-state index is 0.244. The number of unbranched alkanes of at least 4 members (excludes halogenated alkanes) is 1. The van der Waals surface area contributed by atoms with E-state index in [1.807, 2.05) is 0 Å². The molecule has 0 radical (unpaired) electrons. The zero-order valence-electron chi connectivity index (χ0n) is 7.04. The zero-order valence-corrected chi connectivity index (χ0v) is 7.04. The Morgan fingerprint density at radius 1 is 1.17 bits per heavy atom. The lowest BCUT2D eigenvalue weighted by atomic mass is 10.2. The molecule has 0 saturated carbocycles. The summed E-state index contributed by atoms with van der Waals surface area (Å²) < 4.78 is 4.40. The smallest absolute Gasteiger partial charge is 0.324 e. The van der Waals surface area contributed by atoms with E-state index in [4.69, 9.17) is 0 Å². The third-order valence-electron chi connectivity index (χ3n) is 1.37. The van der Waals surface area contributed by atoms with E-state index in [0.717, 1.165) is 0 Å². The number of nitrogens with two attached hydrogens (primary N) is 1. The summed E-state index contributed by atoms with van der Waals surface area (Å²) in [6.07, 6.45) is 1.77. The summed E-state index contributed by atoms with van der Waals surface area (Å²) in [4.78, 5) is 25.0. The van der Waals surface area contributed by atoms with Gasteiger partial charge >= 0.3 is 11.9 Å². The monoisotopic (exact) mass is 175 g/mol. The van der Waals surface area contributed by atoms with E-state index in [1.54, 1.807) is 0 Å². The third kappa shape index (κ3) is 5.67. The molecule has 0 aromatic carbocycles. The van der Waals surface area contributed by atoms with Crippen LogP contribution in [-0.4, -0.2) is 19.0 Å². The molecule has 0 aliphatic carbocycles. The molecule has 2 N–H and O–H groups in total. The highest BCUT2D eigenvalue weighted by Gasteiger charge is 2.03. The van der Waals surface area contributed by atoms with Crippen LogP contribution >= 0.6 is 0 Å². The van der Waals surface area contributed by atoms with E-state index >= 15 is 0 Å². The van der Waals surface area contributed by atoms with Crippen LogP contribution in [0, 0.1) is 0 Å². The van der Waals surface area contributed by atoms with Gasteiger partial charge in [-0.3, -0.25) is 9.59 Å². The molecule has 12 heavy (non-hydrogen) atoms. The van der Waals surface area contributed by atoms with Gasteiger partial charge in [0.2, 0.25) is 0 Å². The van der Waals surface area contributed by atoms with Crippen LogP contribution in [0.15, 0.2) is 0 Å². The Hall–Kier alpha value is -1.10. The molecule has 0 aliphatic rings. The molecule has 0 unspecified atom stereocenters. The van der Waals surface area contributed by atoms with Crippen molar-refractivity contribution in [2.24, 2.45) is 5.90 Å². The van der Waals surface area contributed by atoms with Crippen LogP contribution in [0.1, 0.15) is 25.7 Å². The SMILES string of the molecule is COC(=O)CCCCC(=O)ON. The summed E-state index contributed by atoms with van der Waals surface area (Å²) >= 11 is 0. The first-order valence-electron chi connectivity index (χ1n) is 3.67. The summed E-state index contributed by atoms with van der Waals surface area (Å²) in [5.74, 6) is 3.87. The van der Waals surface area contributed by atoms with Crippen molar-refractivity contribution in [3.05, 3.63) is 0 Å². The Balaban J connectivity index is 3.21. The van der Waals surface area contributed by atoms with E-state index in [9.17, 15) is 9.59 Å². The summed E-state index contributed by atoms with van der Waals surface area (Å²) in [5, 5.41) is 0. The third-order valence-corrected chi connectivity index (χ3v) is 1.37. The molecule has 0 aromatic heterocycles. The first-order valence-corrected chi connectivity index (χ1v) is 3.67. The maximum atomic E-state index is 10.6. The molecule has 0 spiro atoms. The van der Waals surface area contributed by atoms with Crippen molar-refractivity contribution in [1.82, 2.24) is 0 Å². The fourth-order valence-electron chi connectivity index (χ4n) is 0.700. The number of hydrogen-bond acceptors (Lipinski definition) is 5. The van der Waals surface area contributed by atoms with Crippen LogP contribution in [-0.2, 0) is 19.2 Å². The van der Waals surface area contributed by atoms with Gasteiger partial charge in [0.15, 0.2) is 0 Å². The predicted octanol–water partition coefficient (Wildman–Crippen LogP) is 0.137. The molecule has 0 fully saturated rings. The number of esters is 1. The van der Waals surface area contributed by atoms with Gasteiger partial charge in [0.05, 0.1) is 7.11 Å². The van der Waals surface area contributed by atoms with E-state index in [0.29, 0.717) is 19.3 Å². The molecule has 70 valence electrons. The molecule has 5 heteroatoms. The summed E-state index contributed by atoms with van der Waals surface area (Å²) in [5.41, 5.74) is 0. The van der Waals surface area contributed by atoms with Crippen molar-refractivity contribution in [3.8, 4) is 0 Å².